The number of piperazine rings is 1. The number of rotatable bonds is 9. The van der Waals surface area contributed by atoms with Crippen molar-refractivity contribution in [3.8, 4) is 5.75 Å². The van der Waals surface area contributed by atoms with Crippen LogP contribution in [0.1, 0.15) is 44.9 Å². The summed E-state index contributed by atoms with van der Waals surface area (Å²) in [6.45, 7) is 5.43. The molecule has 248 valence electrons. The topological polar surface area (TPSA) is 112 Å². The number of nitrogens with zero attached hydrogens (tertiary/aromatic N) is 3. The molecule has 0 saturated carbocycles. The quantitative estimate of drug-likeness (QED) is 0.282. The summed E-state index contributed by atoms with van der Waals surface area (Å²) in [4.78, 5) is 33.0. The van der Waals surface area contributed by atoms with Gasteiger partial charge in [-0.3, -0.25) is 19.4 Å². The standard InChI is InChI=1S/C35H39FN4O6S/c1-45-32-9-5-25(19-30(32)36)23-38-13-11-28(12-14-38)37-34(41)33-21-27-20-26(6-10-31(27)46-33)35(42)40-17-15-39(16-18-40)22-24-3-7-29(8-4-24)47(2,43)44/h3-10,19-21,28H,11-18,22-23H2,1-2H3,(H,37,41). The summed E-state index contributed by atoms with van der Waals surface area (Å²) < 4.78 is 48.4. The summed E-state index contributed by atoms with van der Waals surface area (Å²) in [6.07, 6.45) is 2.74. The van der Waals surface area contributed by atoms with Crippen LogP contribution in [0.3, 0.4) is 0 Å². The van der Waals surface area contributed by atoms with Crippen LogP contribution < -0.4 is 10.1 Å². The summed E-state index contributed by atoms with van der Waals surface area (Å²) in [6, 6.07) is 18.9. The number of carbonyl (C=O) groups excluding carboxylic acids is 2. The number of fused-ring (bicyclic) bond motifs is 1. The molecule has 0 bridgehead atoms. The van der Waals surface area contributed by atoms with E-state index in [0.717, 1.165) is 37.1 Å². The summed E-state index contributed by atoms with van der Waals surface area (Å²) >= 11 is 0. The molecule has 2 fully saturated rings. The first-order chi connectivity index (χ1) is 22.6. The van der Waals surface area contributed by atoms with Crippen molar-refractivity contribution in [2.75, 3.05) is 52.6 Å². The zero-order chi connectivity index (χ0) is 33.1. The molecule has 12 heteroatoms. The summed E-state index contributed by atoms with van der Waals surface area (Å²) in [7, 11) is -1.78. The second-order valence-electron chi connectivity index (χ2n) is 12.3. The number of amides is 2. The fourth-order valence-corrected chi connectivity index (χ4v) is 6.87. The highest BCUT2D eigenvalue weighted by Gasteiger charge is 2.25. The zero-order valence-corrected chi connectivity index (χ0v) is 27.4. The number of halogens is 1. The number of hydrogen-bond acceptors (Lipinski definition) is 8. The Bertz CT molecular complexity index is 1860. The lowest BCUT2D eigenvalue weighted by Gasteiger charge is -2.34. The first kappa shape index (κ1) is 32.7. The molecular formula is C35H39FN4O6S. The van der Waals surface area contributed by atoms with E-state index >= 15 is 0 Å². The molecule has 3 aromatic carbocycles. The number of hydrogen-bond donors (Lipinski definition) is 1. The Labute approximate surface area is 274 Å². The number of sulfone groups is 1. The maximum Gasteiger partial charge on any atom is 0.287 e. The smallest absolute Gasteiger partial charge is 0.287 e. The molecule has 0 unspecified atom stereocenters. The molecule has 2 aliphatic heterocycles. The number of likely N-dealkylation sites (tertiary alicyclic amines) is 1. The lowest BCUT2D eigenvalue weighted by molar-refractivity contribution is 0.0628. The lowest BCUT2D eigenvalue weighted by atomic mass is 10.0. The second kappa shape index (κ2) is 13.8. The monoisotopic (exact) mass is 662 g/mol. The Balaban J connectivity index is 0.987. The van der Waals surface area contributed by atoms with Crippen LogP contribution in [0.5, 0.6) is 5.75 Å². The van der Waals surface area contributed by atoms with Crippen molar-refractivity contribution in [3.63, 3.8) is 0 Å². The van der Waals surface area contributed by atoms with E-state index in [-0.39, 0.29) is 35.2 Å². The zero-order valence-electron chi connectivity index (χ0n) is 26.6. The van der Waals surface area contributed by atoms with Gasteiger partial charge in [-0.05, 0) is 72.5 Å². The molecule has 0 spiro atoms. The van der Waals surface area contributed by atoms with Crippen molar-refractivity contribution in [2.45, 2.75) is 36.9 Å². The molecule has 0 radical (unpaired) electrons. The highest BCUT2D eigenvalue weighted by molar-refractivity contribution is 7.90. The minimum absolute atomic E-state index is 0.00206. The third kappa shape index (κ3) is 7.83. The fourth-order valence-electron chi connectivity index (χ4n) is 6.24. The molecule has 47 heavy (non-hydrogen) atoms. The Hall–Kier alpha value is -4.26. The number of methoxy groups -OCH3 is 1. The molecule has 10 nitrogen and oxygen atoms in total. The predicted molar refractivity (Wildman–Crippen MR) is 176 cm³/mol. The van der Waals surface area contributed by atoms with Crippen molar-refractivity contribution in [1.82, 2.24) is 20.0 Å². The Morgan fingerprint density at radius 1 is 0.872 bits per heavy atom. The van der Waals surface area contributed by atoms with Gasteiger partial charge in [0, 0.05) is 75.6 Å². The van der Waals surface area contributed by atoms with Gasteiger partial charge in [0.2, 0.25) is 0 Å². The highest BCUT2D eigenvalue weighted by atomic mass is 32.2. The Morgan fingerprint density at radius 2 is 1.53 bits per heavy atom. The van der Waals surface area contributed by atoms with Gasteiger partial charge in [-0.15, -0.1) is 0 Å². The van der Waals surface area contributed by atoms with Crippen LogP contribution in [-0.4, -0.2) is 93.6 Å². The second-order valence-corrected chi connectivity index (χ2v) is 14.4. The molecule has 2 amide bonds. The van der Waals surface area contributed by atoms with Crippen molar-refractivity contribution in [2.24, 2.45) is 0 Å². The number of benzene rings is 3. The third-order valence-corrected chi connectivity index (χ3v) is 10.1. The van der Waals surface area contributed by atoms with Crippen LogP contribution in [0.2, 0.25) is 0 Å². The van der Waals surface area contributed by atoms with Crippen LogP contribution in [0.15, 0.2) is 76.0 Å². The maximum atomic E-state index is 14.1. The molecule has 2 aliphatic rings. The van der Waals surface area contributed by atoms with Crippen molar-refractivity contribution in [1.29, 1.82) is 0 Å². The van der Waals surface area contributed by atoms with E-state index in [2.05, 4.69) is 15.1 Å². The Kier molecular flexibility index (Phi) is 9.62. The average molecular weight is 663 g/mol. The van der Waals surface area contributed by atoms with E-state index in [4.69, 9.17) is 9.15 Å². The van der Waals surface area contributed by atoms with Crippen LogP contribution in [-0.2, 0) is 22.9 Å². The minimum atomic E-state index is -3.23. The molecule has 0 aliphatic carbocycles. The first-order valence-electron chi connectivity index (χ1n) is 15.8. The van der Waals surface area contributed by atoms with Crippen LogP contribution >= 0.6 is 0 Å². The van der Waals surface area contributed by atoms with E-state index in [9.17, 15) is 22.4 Å². The van der Waals surface area contributed by atoms with Gasteiger partial charge in [-0.1, -0.05) is 18.2 Å². The molecule has 6 rings (SSSR count). The SMILES string of the molecule is COc1ccc(CN2CCC(NC(=O)c3cc4cc(C(=O)N5CCN(Cc6ccc(S(C)(=O)=O)cc6)CC5)ccc4o3)CC2)cc1F. The fraction of sp³-hybridized carbons (Fsp3) is 0.371. The van der Waals surface area contributed by atoms with Gasteiger partial charge in [0.05, 0.1) is 12.0 Å². The van der Waals surface area contributed by atoms with Gasteiger partial charge in [0.15, 0.2) is 27.2 Å². The molecule has 2 saturated heterocycles. The predicted octanol–water partition coefficient (Wildman–Crippen LogP) is 4.34. The molecule has 1 aromatic heterocycles. The van der Waals surface area contributed by atoms with Crippen LogP contribution in [0.25, 0.3) is 11.0 Å². The van der Waals surface area contributed by atoms with Crippen molar-refractivity contribution >= 4 is 32.6 Å². The number of furan rings is 1. The molecule has 0 atom stereocenters. The van der Waals surface area contributed by atoms with Crippen LogP contribution in [0.4, 0.5) is 4.39 Å². The van der Waals surface area contributed by atoms with Gasteiger partial charge < -0.3 is 19.4 Å². The first-order valence-corrected chi connectivity index (χ1v) is 17.6. The minimum Gasteiger partial charge on any atom is -0.494 e. The number of piperidine rings is 1. The number of carbonyl (C=O) groups is 2. The van der Waals surface area contributed by atoms with Crippen molar-refractivity contribution < 1.29 is 31.6 Å². The molecular weight excluding hydrogens is 623 g/mol. The van der Waals surface area contributed by atoms with E-state index in [1.165, 1.54) is 19.4 Å². The summed E-state index contributed by atoms with van der Waals surface area (Å²) in [5.74, 6) is -0.290. The van der Waals surface area contributed by atoms with Gasteiger partial charge in [0.25, 0.3) is 11.8 Å². The maximum absolute atomic E-state index is 14.1. The number of ether oxygens (including phenoxy) is 1. The normalized spacial score (nSPS) is 16.8. The van der Waals surface area contributed by atoms with E-state index < -0.39 is 9.84 Å². The van der Waals surface area contributed by atoms with Crippen molar-refractivity contribution in [3.05, 3.63) is 95.0 Å². The largest absolute Gasteiger partial charge is 0.494 e. The highest BCUT2D eigenvalue weighted by Crippen LogP contribution is 2.24. The molecule has 3 heterocycles. The van der Waals surface area contributed by atoms with E-state index in [1.807, 2.05) is 23.1 Å². The van der Waals surface area contributed by atoms with Gasteiger partial charge in [-0.25, -0.2) is 12.8 Å². The van der Waals surface area contributed by atoms with E-state index in [1.54, 1.807) is 42.5 Å². The van der Waals surface area contributed by atoms with E-state index in [0.29, 0.717) is 60.7 Å². The van der Waals surface area contributed by atoms with Gasteiger partial charge in [-0.2, -0.15) is 0 Å². The average Bonchev–Trinajstić information content (AvgIpc) is 3.50. The van der Waals surface area contributed by atoms with Gasteiger partial charge >= 0.3 is 0 Å². The molecule has 4 aromatic rings. The summed E-state index contributed by atoms with van der Waals surface area (Å²) in [5, 5.41) is 3.78. The Morgan fingerprint density at radius 3 is 2.19 bits per heavy atom. The van der Waals surface area contributed by atoms with Crippen LogP contribution in [0, 0.1) is 5.82 Å². The third-order valence-electron chi connectivity index (χ3n) is 8.95. The summed E-state index contributed by atoms with van der Waals surface area (Å²) in [5.41, 5.74) is 2.99. The number of nitrogens with one attached hydrogen (secondary N) is 1. The molecule has 1 N–H and O–H groups in total. The lowest BCUT2D eigenvalue weighted by Crippen LogP contribution is -2.48. The van der Waals surface area contributed by atoms with Gasteiger partial charge in [0.1, 0.15) is 5.58 Å².